The largest absolute Gasteiger partial charge is 0.392 e. The molecule has 0 saturated carbocycles. The van der Waals surface area contributed by atoms with Crippen LogP contribution in [0.5, 0.6) is 0 Å². The van der Waals surface area contributed by atoms with Crippen molar-refractivity contribution in [1.29, 1.82) is 0 Å². The molecule has 1 aromatic heterocycles. The van der Waals surface area contributed by atoms with Crippen LogP contribution in [0, 0.1) is 0 Å². The molecule has 1 amide bonds. The lowest BCUT2D eigenvalue weighted by Crippen LogP contribution is -2.31. The van der Waals surface area contributed by atoms with E-state index >= 15 is 0 Å². The summed E-state index contributed by atoms with van der Waals surface area (Å²) in [5, 5.41) is 20.1. The van der Waals surface area contributed by atoms with Crippen LogP contribution >= 0.6 is 11.8 Å². The van der Waals surface area contributed by atoms with Crippen molar-refractivity contribution < 1.29 is 9.90 Å². The monoisotopic (exact) mass is 258 g/mol. The fourth-order valence-electron chi connectivity index (χ4n) is 1.13. The minimum atomic E-state index is -0.525. The SMILES string of the molecule is CC(C)n1cnnc1SCC(=O)NC[C@H](C)O. The Morgan fingerprint density at radius 2 is 2.29 bits per heavy atom. The van der Waals surface area contributed by atoms with Crippen LogP contribution in [0.2, 0.25) is 0 Å². The van der Waals surface area contributed by atoms with Gasteiger partial charge in [0.05, 0.1) is 11.9 Å². The Labute approximate surface area is 105 Å². The second-order valence-electron chi connectivity index (χ2n) is 4.06. The normalized spacial score (nSPS) is 12.8. The first-order chi connectivity index (χ1) is 8.00. The minimum Gasteiger partial charge on any atom is -0.392 e. The van der Waals surface area contributed by atoms with E-state index in [0.29, 0.717) is 0 Å². The van der Waals surface area contributed by atoms with Crippen molar-refractivity contribution in [2.24, 2.45) is 0 Å². The number of thioether (sulfide) groups is 1. The average molecular weight is 258 g/mol. The predicted molar refractivity (Wildman–Crippen MR) is 65.8 cm³/mol. The molecule has 17 heavy (non-hydrogen) atoms. The Morgan fingerprint density at radius 1 is 1.59 bits per heavy atom. The van der Waals surface area contributed by atoms with E-state index in [0.717, 1.165) is 5.16 Å². The number of aromatic nitrogens is 3. The maximum absolute atomic E-state index is 11.4. The van der Waals surface area contributed by atoms with Crippen LogP contribution in [0.1, 0.15) is 26.8 Å². The molecule has 0 unspecified atom stereocenters. The highest BCUT2D eigenvalue weighted by molar-refractivity contribution is 7.99. The number of hydrogen-bond donors (Lipinski definition) is 2. The number of nitrogens with zero attached hydrogens (tertiary/aromatic N) is 3. The zero-order valence-electron chi connectivity index (χ0n) is 10.3. The van der Waals surface area contributed by atoms with Crippen molar-refractivity contribution >= 4 is 17.7 Å². The summed E-state index contributed by atoms with van der Waals surface area (Å²) in [6.45, 7) is 5.96. The highest BCUT2D eigenvalue weighted by Gasteiger charge is 2.10. The first-order valence-corrected chi connectivity index (χ1v) is 6.46. The van der Waals surface area contributed by atoms with Crippen LogP contribution in [-0.4, -0.2) is 44.2 Å². The molecule has 1 heterocycles. The van der Waals surface area contributed by atoms with Crippen molar-refractivity contribution in [3.8, 4) is 0 Å². The maximum atomic E-state index is 11.4. The molecule has 1 atom stereocenters. The van der Waals surface area contributed by atoms with E-state index in [9.17, 15) is 4.79 Å². The molecule has 96 valence electrons. The summed E-state index contributed by atoms with van der Waals surface area (Å²) < 4.78 is 1.91. The van der Waals surface area contributed by atoms with E-state index in [4.69, 9.17) is 5.11 Å². The van der Waals surface area contributed by atoms with E-state index in [-0.39, 0.29) is 24.2 Å². The van der Waals surface area contributed by atoms with Gasteiger partial charge in [-0.1, -0.05) is 11.8 Å². The molecule has 0 aliphatic heterocycles. The second kappa shape index (κ2) is 6.61. The molecule has 0 saturated heterocycles. The lowest BCUT2D eigenvalue weighted by Gasteiger charge is -2.09. The van der Waals surface area contributed by atoms with Gasteiger partial charge in [0, 0.05) is 12.6 Å². The molecule has 6 nitrogen and oxygen atoms in total. The summed E-state index contributed by atoms with van der Waals surface area (Å²) in [7, 11) is 0. The van der Waals surface area contributed by atoms with E-state index in [1.165, 1.54) is 11.8 Å². The zero-order valence-corrected chi connectivity index (χ0v) is 11.1. The van der Waals surface area contributed by atoms with Gasteiger partial charge in [0.15, 0.2) is 5.16 Å². The molecule has 1 aromatic rings. The first kappa shape index (κ1) is 14.0. The molecule has 0 fully saturated rings. The van der Waals surface area contributed by atoms with Crippen LogP contribution in [-0.2, 0) is 4.79 Å². The molecule has 0 spiro atoms. The zero-order chi connectivity index (χ0) is 12.8. The summed E-state index contributed by atoms with van der Waals surface area (Å²) in [6, 6.07) is 0.271. The molecule has 0 aromatic carbocycles. The van der Waals surface area contributed by atoms with Crippen LogP contribution in [0.25, 0.3) is 0 Å². The average Bonchev–Trinajstić information content (AvgIpc) is 2.71. The van der Waals surface area contributed by atoms with Gasteiger partial charge in [0.25, 0.3) is 0 Å². The number of amides is 1. The third-order valence-electron chi connectivity index (χ3n) is 2.02. The van der Waals surface area contributed by atoms with Crippen LogP contribution in [0.3, 0.4) is 0 Å². The Bertz CT molecular complexity index is 365. The minimum absolute atomic E-state index is 0.116. The lowest BCUT2D eigenvalue weighted by atomic mass is 10.4. The Balaban J connectivity index is 2.39. The van der Waals surface area contributed by atoms with E-state index in [1.807, 2.05) is 18.4 Å². The summed E-state index contributed by atoms with van der Waals surface area (Å²) in [5.74, 6) is 0.159. The van der Waals surface area contributed by atoms with E-state index in [1.54, 1.807) is 13.3 Å². The van der Waals surface area contributed by atoms with Gasteiger partial charge < -0.3 is 15.0 Å². The quantitative estimate of drug-likeness (QED) is 0.724. The molecule has 0 aliphatic carbocycles. The molecule has 1 rings (SSSR count). The van der Waals surface area contributed by atoms with Crippen LogP contribution < -0.4 is 5.32 Å². The highest BCUT2D eigenvalue weighted by Crippen LogP contribution is 2.18. The molecule has 7 heteroatoms. The fraction of sp³-hybridized carbons (Fsp3) is 0.700. The van der Waals surface area contributed by atoms with Gasteiger partial charge in [-0.25, -0.2) is 0 Å². The molecule has 0 bridgehead atoms. The third kappa shape index (κ3) is 4.74. The lowest BCUT2D eigenvalue weighted by molar-refractivity contribution is -0.118. The molecule has 2 N–H and O–H groups in total. The summed E-state index contributed by atoms with van der Waals surface area (Å²) in [5.41, 5.74) is 0. The van der Waals surface area contributed by atoms with Gasteiger partial charge in [0.2, 0.25) is 5.91 Å². The Hall–Kier alpha value is -1.08. The van der Waals surface area contributed by atoms with Crippen molar-refractivity contribution in [2.45, 2.75) is 38.1 Å². The third-order valence-corrected chi connectivity index (χ3v) is 2.98. The van der Waals surface area contributed by atoms with Gasteiger partial charge in [-0.3, -0.25) is 4.79 Å². The van der Waals surface area contributed by atoms with Gasteiger partial charge >= 0.3 is 0 Å². The van der Waals surface area contributed by atoms with Crippen molar-refractivity contribution in [3.63, 3.8) is 0 Å². The Morgan fingerprint density at radius 3 is 2.88 bits per heavy atom. The van der Waals surface area contributed by atoms with Crippen molar-refractivity contribution in [1.82, 2.24) is 20.1 Å². The standard InChI is InChI=1S/C10H18N4O2S/c1-7(2)14-6-12-13-10(14)17-5-9(16)11-4-8(3)15/h6-8,15H,4-5H2,1-3H3,(H,11,16)/t8-/m0/s1. The van der Waals surface area contributed by atoms with E-state index < -0.39 is 6.10 Å². The molecular formula is C10H18N4O2S. The summed E-state index contributed by atoms with van der Waals surface area (Å²) in [4.78, 5) is 11.4. The number of carbonyl (C=O) groups excluding carboxylic acids is 1. The van der Waals surface area contributed by atoms with Gasteiger partial charge in [-0.15, -0.1) is 10.2 Å². The number of hydrogen-bond acceptors (Lipinski definition) is 5. The number of aliphatic hydroxyl groups excluding tert-OH is 1. The van der Waals surface area contributed by atoms with Crippen molar-refractivity contribution in [3.05, 3.63) is 6.33 Å². The summed E-state index contributed by atoms with van der Waals surface area (Å²) in [6.07, 6.45) is 1.13. The number of nitrogens with one attached hydrogen (secondary N) is 1. The Kier molecular flexibility index (Phi) is 5.43. The smallest absolute Gasteiger partial charge is 0.230 e. The van der Waals surface area contributed by atoms with E-state index in [2.05, 4.69) is 15.5 Å². The number of aliphatic hydroxyl groups is 1. The predicted octanol–water partition coefficient (Wildman–Crippen LogP) is 0.448. The number of rotatable bonds is 6. The molecular weight excluding hydrogens is 240 g/mol. The molecule has 0 radical (unpaired) electrons. The maximum Gasteiger partial charge on any atom is 0.230 e. The van der Waals surface area contributed by atoms with Gasteiger partial charge in [0.1, 0.15) is 6.33 Å². The van der Waals surface area contributed by atoms with Crippen molar-refractivity contribution in [2.75, 3.05) is 12.3 Å². The second-order valence-corrected chi connectivity index (χ2v) is 5.00. The number of carbonyl (C=O) groups is 1. The topological polar surface area (TPSA) is 80.0 Å². The van der Waals surface area contributed by atoms with Crippen LogP contribution in [0.15, 0.2) is 11.5 Å². The summed E-state index contributed by atoms with van der Waals surface area (Å²) >= 11 is 1.34. The highest BCUT2D eigenvalue weighted by atomic mass is 32.2. The van der Waals surface area contributed by atoms with Crippen LogP contribution in [0.4, 0.5) is 0 Å². The van der Waals surface area contributed by atoms with Gasteiger partial charge in [-0.05, 0) is 20.8 Å². The molecule has 0 aliphatic rings. The van der Waals surface area contributed by atoms with Gasteiger partial charge in [-0.2, -0.15) is 0 Å². The first-order valence-electron chi connectivity index (χ1n) is 5.47. The fourth-order valence-corrected chi connectivity index (χ4v) is 2.01.